The Morgan fingerprint density at radius 1 is 1.00 bits per heavy atom. The van der Waals surface area contributed by atoms with E-state index in [4.69, 9.17) is 14.5 Å². The summed E-state index contributed by atoms with van der Waals surface area (Å²) in [5, 5.41) is 0. The number of rotatable bonds is 6. The summed E-state index contributed by atoms with van der Waals surface area (Å²) in [5.74, 6) is -0.0805. The number of benzene rings is 3. The van der Waals surface area contributed by atoms with Gasteiger partial charge in [0.1, 0.15) is 11.6 Å². The number of nitrogens with zero attached hydrogens (tertiary/aromatic N) is 1. The topological polar surface area (TPSA) is 47.9 Å². The van der Waals surface area contributed by atoms with Crippen LogP contribution in [-0.4, -0.2) is 24.4 Å². The lowest BCUT2D eigenvalue weighted by Crippen LogP contribution is -2.18. The van der Waals surface area contributed by atoms with Crippen molar-refractivity contribution in [1.29, 1.82) is 0 Å². The van der Waals surface area contributed by atoms with Crippen LogP contribution in [0.1, 0.15) is 37.8 Å². The van der Waals surface area contributed by atoms with Gasteiger partial charge in [-0.2, -0.15) is 0 Å². The number of carbonyl (C=O) groups excluding carboxylic acids is 1. The first-order chi connectivity index (χ1) is 15.5. The van der Waals surface area contributed by atoms with Crippen LogP contribution in [0.25, 0.3) is 11.1 Å². The molecule has 0 saturated carbocycles. The van der Waals surface area contributed by atoms with Crippen molar-refractivity contribution >= 4 is 17.4 Å². The highest BCUT2D eigenvalue weighted by molar-refractivity contribution is 6.05. The number of ether oxygens (including phenoxy) is 2. The van der Waals surface area contributed by atoms with Gasteiger partial charge in [-0.1, -0.05) is 30.3 Å². The second-order valence-corrected chi connectivity index (χ2v) is 8.12. The minimum atomic E-state index is -0.400. The Balaban J connectivity index is 1.58. The zero-order valence-corrected chi connectivity index (χ0v) is 18.3. The van der Waals surface area contributed by atoms with E-state index in [1.807, 2.05) is 30.3 Å². The highest BCUT2D eigenvalue weighted by Crippen LogP contribution is 2.30. The molecule has 4 nitrogen and oxygen atoms in total. The molecule has 3 aromatic rings. The molecule has 0 bridgehead atoms. The molecule has 1 aliphatic rings. The minimum Gasteiger partial charge on any atom is -0.482 e. The summed E-state index contributed by atoms with van der Waals surface area (Å²) in [6, 6.07) is 20.3. The molecule has 0 radical (unpaired) electrons. The number of aliphatic imine (C=N–C) groups is 1. The van der Waals surface area contributed by atoms with E-state index in [1.54, 1.807) is 32.0 Å². The number of fused-ring (bicyclic) bond motifs is 1. The SMILES string of the molecule is CC(C)OC(=O)COc1cccc(/N=C2/CCCc3ccc(-c4cccc(F)c4)cc32)c1. The number of carbonyl (C=O) groups is 1. The highest BCUT2D eigenvalue weighted by Gasteiger charge is 2.17. The third-order valence-electron chi connectivity index (χ3n) is 5.24. The lowest BCUT2D eigenvalue weighted by atomic mass is 9.87. The molecule has 1 aliphatic carbocycles. The molecule has 0 aromatic heterocycles. The molecule has 0 spiro atoms. The Morgan fingerprint density at radius 3 is 2.62 bits per heavy atom. The summed E-state index contributed by atoms with van der Waals surface area (Å²) < 4.78 is 24.4. The second kappa shape index (κ2) is 9.77. The van der Waals surface area contributed by atoms with Gasteiger partial charge in [0.05, 0.1) is 11.8 Å². The summed E-state index contributed by atoms with van der Waals surface area (Å²) >= 11 is 0. The van der Waals surface area contributed by atoms with E-state index >= 15 is 0 Å². The van der Waals surface area contributed by atoms with Crippen molar-refractivity contribution < 1.29 is 18.7 Å². The van der Waals surface area contributed by atoms with E-state index < -0.39 is 5.97 Å². The lowest BCUT2D eigenvalue weighted by molar-refractivity contribution is -0.149. The fourth-order valence-corrected chi connectivity index (χ4v) is 3.85. The standard InChI is InChI=1S/C27H26FNO3/c1-18(2)32-27(30)17-31-24-10-5-9-23(16-24)29-26-11-4-6-19-12-13-21(15-25(19)26)20-7-3-8-22(28)14-20/h3,5,7-10,12-16,18H,4,6,11,17H2,1-2H3/b29-26-. The average Bonchev–Trinajstić information content (AvgIpc) is 2.77. The van der Waals surface area contributed by atoms with Crippen molar-refractivity contribution in [2.45, 2.75) is 39.2 Å². The molecule has 4 rings (SSSR count). The average molecular weight is 432 g/mol. The van der Waals surface area contributed by atoms with Gasteiger partial charge in [-0.15, -0.1) is 0 Å². The first kappa shape index (κ1) is 21.8. The number of esters is 1. The quantitative estimate of drug-likeness (QED) is 0.432. The zero-order valence-electron chi connectivity index (χ0n) is 18.3. The Hall–Kier alpha value is -3.47. The molecule has 0 saturated heterocycles. The molecule has 0 atom stereocenters. The molecule has 164 valence electrons. The van der Waals surface area contributed by atoms with E-state index in [0.29, 0.717) is 5.75 Å². The van der Waals surface area contributed by atoms with Gasteiger partial charge in [0.2, 0.25) is 0 Å². The Bertz CT molecular complexity index is 1150. The van der Waals surface area contributed by atoms with Crippen LogP contribution in [0.5, 0.6) is 5.75 Å². The third kappa shape index (κ3) is 5.41. The van der Waals surface area contributed by atoms with E-state index in [0.717, 1.165) is 47.4 Å². The molecular formula is C27H26FNO3. The molecule has 5 heteroatoms. The van der Waals surface area contributed by atoms with Crippen LogP contribution in [-0.2, 0) is 16.0 Å². The molecule has 0 amide bonds. The van der Waals surface area contributed by atoms with Gasteiger partial charge in [0.25, 0.3) is 0 Å². The summed E-state index contributed by atoms with van der Waals surface area (Å²) in [6.45, 7) is 3.46. The predicted octanol–water partition coefficient (Wildman–Crippen LogP) is 6.28. The third-order valence-corrected chi connectivity index (χ3v) is 5.24. The van der Waals surface area contributed by atoms with Gasteiger partial charge in [-0.25, -0.2) is 9.18 Å². The summed E-state index contributed by atoms with van der Waals surface area (Å²) in [5.41, 5.74) is 5.93. The van der Waals surface area contributed by atoms with Crippen LogP contribution in [0.4, 0.5) is 10.1 Å². The van der Waals surface area contributed by atoms with Gasteiger partial charge in [-0.3, -0.25) is 4.99 Å². The van der Waals surface area contributed by atoms with Crippen molar-refractivity contribution in [2.75, 3.05) is 6.61 Å². The summed E-state index contributed by atoms with van der Waals surface area (Å²) in [4.78, 5) is 16.6. The lowest BCUT2D eigenvalue weighted by Gasteiger charge is -2.19. The van der Waals surface area contributed by atoms with Gasteiger partial charge in [0.15, 0.2) is 6.61 Å². The number of halogens is 1. The molecule has 0 unspecified atom stereocenters. The van der Waals surface area contributed by atoms with Gasteiger partial charge < -0.3 is 9.47 Å². The zero-order chi connectivity index (χ0) is 22.5. The van der Waals surface area contributed by atoms with E-state index in [2.05, 4.69) is 12.1 Å². The van der Waals surface area contributed by atoms with Crippen molar-refractivity contribution in [1.82, 2.24) is 0 Å². The first-order valence-corrected chi connectivity index (χ1v) is 10.9. The van der Waals surface area contributed by atoms with E-state index in [9.17, 15) is 9.18 Å². The van der Waals surface area contributed by atoms with Crippen LogP contribution in [0.15, 0.2) is 71.7 Å². The molecule has 0 fully saturated rings. The Labute approximate surface area is 187 Å². The molecule has 3 aromatic carbocycles. The first-order valence-electron chi connectivity index (χ1n) is 10.9. The minimum absolute atomic E-state index is 0.141. The fraction of sp³-hybridized carbons (Fsp3) is 0.259. The van der Waals surface area contributed by atoms with Crippen LogP contribution < -0.4 is 4.74 Å². The Morgan fingerprint density at radius 2 is 1.81 bits per heavy atom. The maximum atomic E-state index is 13.7. The van der Waals surface area contributed by atoms with E-state index in [1.165, 1.54) is 11.6 Å². The fourth-order valence-electron chi connectivity index (χ4n) is 3.85. The van der Waals surface area contributed by atoms with Gasteiger partial charge in [0, 0.05) is 11.8 Å². The highest BCUT2D eigenvalue weighted by atomic mass is 19.1. The predicted molar refractivity (Wildman–Crippen MR) is 124 cm³/mol. The van der Waals surface area contributed by atoms with Crippen LogP contribution in [0.2, 0.25) is 0 Å². The maximum Gasteiger partial charge on any atom is 0.344 e. The van der Waals surface area contributed by atoms with Crippen LogP contribution in [0, 0.1) is 5.82 Å². The summed E-state index contributed by atoms with van der Waals surface area (Å²) in [7, 11) is 0. The molecule has 32 heavy (non-hydrogen) atoms. The van der Waals surface area contributed by atoms with Crippen LogP contribution in [0.3, 0.4) is 0 Å². The van der Waals surface area contributed by atoms with Crippen molar-refractivity contribution in [3.05, 3.63) is 83.7 Å². The smallest absolute Gasteiger partial charge is 0.344 e. The number of hydrogen-bond donors (Lipinski definition) is 0. The largest absolute Gasteiger partial charge is 0.482 e. The van der Waals surface area contributed by atoms with Crippen molar-refractivity contribution in [3.63, 3.8) is 0 Å². The molecule has 0 N–H and O–H groups in total. The van der Waals surface area contributed by atoms with Crippen LogP contribution >= 0.6 is 0 Å². The van der Waals surface area contributed by atoms with Gasteiger partial charge in [-0.05, 0) is 85.7 Å². The molecule has 0 aliphatic heterocycles. The van der Waals surface area contributed by atoms with Crippen molar-refractivity contribution in [2.24, 2.45) is 4.99 Å². The van der Waals surface area contributed by atoms with Crippen molar-refractivity contribution in [3.8, 4) is 16.9 Å². The monoisotopic (exact) mass is 431 g/mol. The normalized spacial score (nSPS) is 14.3. The summed E-state index contributed by atoms with van der Waals surface area (Å²) in [6.07, 6.45) is 2.72. The molecular weight excluding hydrogens is 405 g/mol. The second-order valence-electron chi connectivity index (χ2n) is 8.12. The maximum absolute atomic E-state index is 13.7. The van der Waals surface area contributed by atoms with E-state index in [-0.39, 0.29) is 18.5 Å². The Kier molecular flexibility index (Phi) is 6.64. The number of aryl methyl sites for hydroxylation is 1. The molecule has 0 heterocycles. The van der Waals surface area contributed by atoms with Gasteiger partial charge >= 0.3 is 5.97 Å². The number of hydrogen-bond acceptors (Lipinski definition) is 4.